The van der Waals surface area contributed by atoms with Crippen LogP contribution in [0, 0.1) is 5.92 Å². The minimum absolute atomic E-state index is 0.803. The van der Waals surface area contributed by atoms with E-state index in [1.807, 2.05) is 11.3 Å². The van der Waals surface area contributed by atoms with Crippen LogP contribution in [-0.2, 0) is 6.54 Å². The van der Waals surface area contributed by atoms with E-state index in [2.05, 4.69) is 29.8 Å². The molecule has 0 spiro atoms. The zero-order chi connectivity index (χ0) is 7.68. The third-order valence-corrected chi connectivity index (χ3v) is 3.10. The summed E-state index contributed by atoms with van der Waals surface area (Å²) >= 11 is 1.83. The Hall–Kier alpha value is -0.340. The molecule has 2 heteroatoms. The summed E-state index contributed by atoms with van der Waals surface area (Å²) in [4.78, 5) is 1.45. The zero-order valence-corrected chi connectivity index (χ0v) is 7.53. The predicted molar refractivity (Wildman–Crippen MR) is 48.7 cm³/mol. The van der Waals surface area contributed by atoms with Gasteiger partial charge in [0.15, 0.2) is 0 Å². The molecule has 0 amide bonds. The minimum Gasteiger partial charge on any atom is -0.309 e. The molecule has 0 aliphatic heterocycles. The van der Waals surface area contributed by atoms with Gasteiger partial charge in [0, 0.05) is 17.5 Å². The maximum absolute atomic E-state index is 3.52. The van der Waals surface area contributed by atoms with E-state index < -0.39 is 0 Å². The highest BCUT2D eigenvalue weighted by molar-refractivity contribution is 7.09. The summed E-state index contributed by atoms with van der Waals surface area (Å²) in [5.74, 6) is 0.912. The molecule has 0 saturated heterocycles. The molecule has 1 aromatic rings. The van der Waals surface area contributed by atoms with Crippen LogP contribution in [0.4, 0.5) is 0 Å². The van der Waals surface area contributed by atoms with Crippen molar-refractivity contribution in [1.29, 1.82) is 0 Å². The van der Waals surface area contributed by atoms with Crippen LogP contribution in [0.25, 0.3) is 0 Å². The monoisotopic (exact) mass is 167 g/mol. The van der Waals surface area contributed by atoms with Crippen LogP contribution in [0.15, 0.2) is 17.5 Å². The SMILES string of the molecule is CC1CC1NCc1cccs1. The van der Waals surface area contributed by atoms with Crippen molar-refractivity contribution in [3.8, 4) is 0 Å². The molecule has 2 atom stereocenters. The van der Waals surface area contributed by atoms with E-state index >= 15 is 0 Å². The molecular formula is C9H13NS. The van der Waals surface area contributed by atoms with Crippen molar-refractivity contribution < 1.29 is 0 Å². The van der Waals surface area contributed by atoms with Crippen LogP contribution in [0.3, 0.4) is 0 Å². The van der Waals surface area contributed by atoms with Crippen LogP contribution in [0.5, 0.6) is 0 Å². The topological polar surface area (TPSA) is 12.0 Å². The molecule has 11 heavy (non-hydrogen) atoms. The number of hydrogen-bond donors (Lipinski definition) is 1. The fourth-order valence-electron chi connectivity index (χ4n) is 1.25. The first kappa shape index (κ1) is 7.32. The molecule has 0 bridgehead atoms. The molecule has 1 nitrogen and oxygen atoms in total. The summed E-state index contributed by atoms with van der Waals surface area (Å²) in [5.41, 5.74) is 0. The largest absolute Gasteiger partial charge is 0.309 e. The van der Waals surface area contributed by atoms with Crippen molar-refractivity contribution >= 4 is 11.3 Å². The second-order valence-corrected chi connectivity index (χ2v) is 4.31. The third-order valence-electron chi connectivity index (χ3n) is 2.23. The Morgan fingerprint density at radius 1 is 1.73 bits per heavy atom. The second-order valence-electron chi connectivity index (χ2n) is 3.28. The van der Waals surface area contributed by atoms with Gasteiger partial charge in [-0.15, -0.1) is 11.3 Å². The Balaban J connectivity index is 1.75. The lowest BCUT2D eigenvalue weighted by atomic mass is 10.4. The van der Waals surface area contributed by atoms with Crippen molar-refractivity contribution in [2.75, 3.05) is 0 Å². The van der Waals surface area contributed by atoms with E-state index in [1.54, 1.807) is 0 Å². The van der Waals surface area contributed by atoms with Gasteiger partial charge in [-0.3, -0.25) is 0 Å². The fourth-order valence-corrected chi connectivity index (χ4v) is 1.91. The van der Waals surface area contributed by atoms with Gasteiger partial charge in [-0.2, -0.15) is 0 Å². The van der Waals surface area contributed by atoms with Gasteiger partial charge in [0.1, 0.15) is 0 Å². The molecule has 1 aromatic heterocycles. The van der Waals surface area contributed by atoms with E-state index in [9.17, 15) is 0 Å². The van der Waals surface area contributed by atoms with Gasteiger partial charge in [0.25, 0.3) is 0 Å². The summed E-state index contributed by atoms with van der Waals surface area (Å²) in [6, 6.07) is 5.10. The van der Waals surface area contributed by atoms with Crippen LogP contribution in [-0.4, -0.2) is 6.04 Å². The molecule has 1 heterocycles. The average molecular weight is 167 g/mol. The normalized spacial score (nSPS) is 28.8. The van der Waals surface area contributed by atoms with E-state index in [4.69, 9.17) is 0 Å². The quantitative estimate of drug-likeness (QED) is 0.728. The number of hydrogen-bond acceptors (Lipinski definition) is 2. The standard InChI is InChI=1S/C9H13NS/c1-7-5-9(7)10-6-8-3-2-4-11-8/h2-4,7,9-10H,5-6H2,1H3. The molecule has 1 fully saturated rings. The van der Waals surface area contributed by atoms with E-state index in [0.29, 0.717) is 0 Å². The summed E-state index contributed by atoms with van der Waals surface area (Å²) < 4.78 is 0. The lowest BCUT2D eigenvalue weighted by Gasteiger charge is -1.98. The lowest BCUT2D eigenvalue weighted by molar-refractivity contribution is 0.658. The summed E-state index contributed by atoms with van der Waals surface area (Å²) in [6.07, 6.45) is 1.37. The summed E-state index contributed by atoms with van der Waals surface area (Å²) in [5, 5.41) is 5.65. The van der Waals surface area contributed by atoms with Crippen LogP contribution in [0.2, 0.25) is 0 Å². The molecule has 2 unspecified atom stereocenters. The second kappa shape index (κ2) is 2.95. The molecular weight excluding hydrogens is 154 g/mol. The smallest absolute Gasteiger partial charge is 0.0302 e. The average Bonchev–Trinajstić information content (AvgIpc) is 2.55. The van der Waals surface area contributed by atoms with Gasteiger partial charge in [-0.1, -0.05) is 13.0 Å². The first-order valence-electron chi connectivity index (χ1n) is 4.12. The molecule has 1 aliphatic carbocycles. The van der Waals surface area contributed by atoms with E-state index in [0.717, 1.165) is 18.5 Å². The van der Waals surface area contributed by atoms with Crippen LogP contribution in [0.1, 0.15) is 18.2 Å². The van der Waals surface area contributed by atoms with E-state index in [1.165, 1.54) is 11.3 Å². The fraction of sp³-hybridized carbons (Fsp3) is 0.556. The molecule has 1 aliphatic rings. The van der Waals surface area contributed by atoms with Crippen molar-refractivity contribution in [2.24, 2.45) is 5.92 Å². The van der Waals surface area contributed by atoms with Gasteiger partial charge < -0.3 is 5.32 Å². The Morgan fingerprint density at radius 3 is 3.09 bits per heavy atom. The van der Waals surface area contributed by atoms with Gasteiger partial charge in [-0.25, -0.2) is 0 Å². The van der Waals surface area contributed by atoms with Crippen molar-refractivity contribution in [1.82, 2.24) is 5.32 Å². The molecule has 2 rings (SSSR count). The first-order chi connectivity index (χ1) is 5.36. The molecule has 60 valence electrons. The van der Waals surface area contributed by atoms with Crippen LogP contribution < -0.4 is 5.32 Å². The van der Waals surface area contributed by atoms with E-state index in [-0.39, 0.29) is 0 Å². The molecule has 1 saturated carbocycles. The van der Waals surface area contributed by atoms with Crippen molar-refractivity contribution in [3.05, 3.63) is 22.4 Å². The highest BCUT2D eigenvalue weighted by Gasteiger charge is 2.31. The molecule has 0 aromatic carbocycles. The molecule has 1 N–H and O–H groups in total. The first-order valence-corrected chi connectivity index (χ1v) is 5.00. The Morgan fingerprint density at radius 2 is 2.55 bits per heavy atom. The van der Waals surface area contributed by atoms with Gasteiger partial charge >= 0.3 is 0 Å². The summed E-state index contributed by atoms with van der Waals surface area (Å²) in [7, 11) is 0. The van der Waals surface area contributed by atoms with Crippen molar-refractivity contribution in [3.63, 3.8) is 0 Å². The van der Waals surface area contributed by atoms with Gasteiger partial charge in [0.05, 0.1) is 0 Å². The van der Waals surface area contributed by atoms with Crippen LogP contribution >= 0.6 is 11.3 Å². The highest BCUT2D eigenvalue weighted by Crippen LogP contribution is 2.29. The summed E-state index contributed by atoms with van der Waals surface area (Å²) in [6.45, 7) is 3.36. The number of rotatable bonds is 3. The lowest BCUT2D eigenvalue weighted by Crippen LogP contribution is -2.16. The molecule has 0 radical (unpaired) electrons. The maximum Gasteiger partial charge on any atom is 0.0302 e. The third kappa shape index (κ3) is 1.82. The number of nitrogens with one attached hydrogen (secondary N) is 1. The highest BCUT2D eigenvalue weighted by atomic mass is 32.1. The van der Waals surface area contributed by atoms with Gasteiger partial charge in [-0.05, 0) is 23.8 Å². The predicted octanol–water partition coefficient (Wildman–Crippen LogP) is 2.25. The minimum atomic E-state index is 0.803. The maximum atomic E-state index is 3.52. The zero-order valence-electron chi connectivity index (χ0n) is 6.71. The Bertz CT molecular complexity index is 217. The number of thiophene rings is 1. The van der Waals surface area contributed by atoms with Crippen molar-refractivity contribution in [2.45, 2.75) is 25.9 Å². The Labute approximate surface area is 71.4 Å². The van der Waals surface area contributed by atoms with Gasteiger partial charge in [0.2, 0.25) is 0 Å². The Kier molecular flexibility index (Phi) is 1.96.